The Balaban J connectivity index is 1.49. The molecule has 32 heavy (non-hydrogen) atoms. The van der Waals surface area contributed by atoms with Gasteiger partial charge in [-0.15, -0.1) is 0 Å². The van der Waals surface area contributed by atoms with E-state index in [-0.39, 0.29) is 17.2 Å². The van der Waals surface area contributed by atoms with Crippen molar-refractivity contribution >= 4 is 34.6 Å². The number of nitrogens with one attached hydrogen (secondary N) is 2. The van der Waals surface area contributed by atoms with Crippen LogP contribution in [0, 0.1) is 0 Å². The summed E-state index contributed by atoms with van der Waals surface area (Å²) in [5, 5.41) is 14.6. The summed E-state index contributed by atoms with van der Waals surface area (Å²) in [6.45, 7) is 3.37. The van der Waals surface area contributed by atoms with Crippen molar-refractivity contribution in [1.82, 2.24) is 9.88 Å². The smallest absolute Gasteiger partial charge is 0.261 e. The standard InChI is InChI=1S/C25H26N4O3/c1-25-9-4-3-7-19(25)22(30)18(15-27-25)23(31)28-21-14-20-16(8-10-26-20)13-17(21)24(32)29-11-5-2-6-12-29/h3-4,7-8,10,13-15,26,30H,2,5-6,9,11-12H2,1H3,(H,28,31). The molecule has 7 heteroatoms. The van der Waals surface area contributed by atoms with Gasteiger partial charge in [0.25, 0.3) is 11.8 Å². The lowest BCUT2D eigenvalue weighted by molar-refractivity contribution is -0.112. The highest BCUT2D eigenvalue weighted by Crippen LogP contribution is 2.37. The first-order chi connectivity index (χ1) is 15.5. The summed E-state index contributed by atoms with van der Waals surface area (Å²) in [6.07, 6.45) is 12.6. The zero-order valence-electron chi connectivity index (χ0n) is 18.0. The molecule has 0 radical (unpaired) electrons. The average molecular weight is 431 g/mol. The molecule has 1 aromatic heterocycles. The monoisotopic (exact) mass is 430 g/mol. The van der Waals surface area contributed by atoms with E-state index in [1.165, 1.54) is 6.21 Å². The average Bonchev–Trinajstić information content (AvgIpc) is 3.26. The van der Waals surface area contributed by atoms with Crippen molar-refractivity contribution in [2.24, 2.45) is 4.99 Å². The number of anilines is 1. The molecule has 1 aliphatic carbocycles. The molecule has 1 fully saturated rings. The fourth-order valence-electron chi connectivity index (χ4n) is 4.62. The fraction of sp³-hybridized carbons (Fsp3) is 0.320. The molecule has 3 N–H and O–H groups in total. The van der Waals surface area contributed by atoms with Crippen LogP contribution in [-0.2, 0) is 4.79 Å². The summed E-state index contributed by atoms with van der Waals surface area (Å²) in [6, 6.07) is 5.49. The zero-order valence-corrected chi connectivity index (χ0v) is 18.0. The lowest BCUT2D eigenvalue weighted by Gasteiger charge is -2.32. The van der Waals surface area contributed by atoms with E-state index in [0.29, 0.717) is 23.2 Å². The molecule has 2 aliphatic heterocycles. The van der Waals surface area contributed by atoms with Gasteiger partial charge in [-0.25, -0.2) is 0 Å². The Labute approximate surface area is 186 Å². The highest BCUT2D eigenvalue weighted by molar-refractivity contribution is 6.21. The van der Waals surface area contributed by atoms with E-state index in [9.17, 15) is 14.7 Å². The number of carbonyl (C=O) groups excluding carboxylic acids is 2. The molecule has 2 aromatic rings. The SMILES string of the molecule is CC12CC=CC=C1C(O)=C(C(=O)Nc1cc3[nH]ccc3cc1C(=O)N1CCCCC1)C=N2. The van der Waals surface area contributed by atoms with Gasteiger partial charge in [0.2, 0.25) is 0 Å². The third-order valence-electron chi connectivity index (χ3n) is 6.54. The number of fused-ring (bicyclic) bond motifs is 2. The molecule has 164 valence electrons. The Kier molecular flexibility index (Phi) is 4.96. The van der Waals surface area contributed by atoms with Crippen LogP contribution in [0.2, 0.25) is 0 Å². The highest BCUT2D eigenvalue weighted by Gasteiger charge is 2.36. The van der Waals surface area contributed by atoms with Gasteiger partial charge in [-0.3, -0.25) is 14.6 Å². The molecule has 1 saturated heterocycles. The van der Waals surface area contributed by atoms with E-state index in [4.69, 9.17) is 0 Å². The molecule has 0 spiro atoms. The normalized spacial score (nSPS) is 22.7. The maximum absolute atomic E-state index is 13.3. The van der Waals surface area contributed by atoms with Crippen molar-refractivity contribution in [1.29, 1.82) is 0 Å². The second kappa shape index (κ2) is 7.82. The van der Waals surface area contributed by atoms with Crippen LogP contribution in [0.3, 0.4) is 0 Å². The first kappa shape index (κ1) is 20.3. The summed E-state index contributed by atoms with van der Waals surface area (Å²) >= 11 is 0. The molecular formula is C25H26N4O3. The Morgan fingerprint density at radius 3 is 2.84 bits per heavy atom. The molecule has 1 atom stereocenters. The van der Waals surface area contributed by atoms with Gasteiger partial charge in [0.05, 0.1) is 22.4 Å². The number of carbonyl (C=O) groups is 2. The van der Waals surface area contributed by atoms with Crippen LogP contribution in [0.4, 0.5) is 5.69 Å². The molecule has 1 aromatic carbocycles. The van der Waals surface area contributed by atoms with Crippen molar-refractivity contribution in [3.63, 3.8) is 0 Å². The number of allylic oxidation sites excluding steroid dienone is 2. The van der Waals surface area contributed by atoms with E-state index in [1.54, 1.807) is 18.3 Å². The quantitative estimate of drug-likeness (QED) is 0.678. The van der Waals surface area contributed by atoms with Crippen molar-refractivity contribution in [3.8, 4) is 0 Å². The number of aliphatic imine (C=N–C) groups is 1. The third kappa shape index (κ3) is 3.43. The molecule has 0 bridgehead atoms. The molecule has 7 nitrogen and oxygen atoms in total. The largest absolute Gasteiger partial charge is 0.507 e. The Hall–Kier alpha value is -3.61. The fourth-order valence-corrected chi connectivity index (χ4v) is 4.62. The first-order valence-corrected chi connectivity index (χ1v) is 11.0. The number of H-pyrrole nitrogens is 1. The van der Waals surface area contributed by atoms with Gasteiger partial charge in [-0.2, -0.15) is 0 Å². The van der Waals surface area contributed by atoms with Crippen LogP contribution >= 0.6 is 0 Å². The molecule has 1 unspecified atom stereocenters. The summed E-state index contributed by atoms with van der Waals surface area (Å²) < 4.78 is 0. The molecular weight excluding hydrogens is 404 g/mol. The van der Waals surface area contributed by atoms with Gasteiger partial charge in [0.1, 0.15) is 5.76 Å². The Morgan fingerprint density at radius 1 is 1.22 bits per heavy atom. The van der Waals surface area contributed by atoms with Gasteiger partial charge in [0.15, 0.2) is 0 Å². The minimum Gasteiger partial charge on any atom is -0.507 e. The predicted molar refractivity (Wildman–Crippen MR) is 125 cm³/mol. The van der Waals surface area contributed by atoms with Gasteiger partial charge < -0.3 is 20.3 Å². The summed E-state index contributed by atoms with van der Waals surface area (Å²) in [5.41, 5.74) is 1.83. The Bertz CT molecular complexity index is 1230. The number of aromatic nitrogens is 1. The number of hydrogen-bond donors (Lipinski definition) is 3. The van der Waals surface area contributed by atoms with Crippen molar-refractivity contribution in [3.05, 3.63) is 65.1 Å². The topological polar surface area (TPSA) is 97.8 Å². The number of amides is 2. The van der Waals surface area contributed by atoms with Crippen LogP contribution < -0.4 is 5.32 Å². The van der Waals surface area contributed by atoms with Gasteiger partial charge >= 0.3 is 0 Å². The van der Waals surface area contributed by atoms with Crippen molar-refractivity contribution in [2.45, 2.75) is 38.1 Å². The molecule has 2 amide bonds. The number of nitrogens with zero attached hydrogens (tertiary/aromatic N) is 2. The number of aromatic amines is 1. The van der Waals surface area contributed by atoms with Crippen LogP contribution in [0.15, 0.2) is 64.5 Å². The van der Waals surface area contributed by atoms with Gasteiger partial charge in [0, 0.05) is 42.0 Å². The first-order valence-electron chi connectivity index (χ1n) is 11.0. The zero-order chi connectivity index (χ0) is 22.3. The van der Waals surface area contributed by atoms with Gasteiger partial charge in [-0.1, -0.05) is 18.2 Å². The lowest BCUT2D eigenvalue weighted by Crippen LogP contribution is -2.36. The van der Waals surface area contributed by atoms with Crippen LogP contribution in [0.1, 0.15) is 43.0 Å². The number of hydrogen-bond acceptors (Lipinski definition) is 4. The number of rotatable bonds is 3. The second-order valence-corrected chi connectivity index (χ2v) is 8.78. The lowest BCUT2D eigenvalue weighted by atomic mass is 9.81. The van der Waals surface area contributed by atoms with E-state index >= 15 is 0 Å². The van der Waals surface area contributed by atoms with E-state index in [0.717, 1.165) is 43.3 Å². The number of aliphatic hydroxyl groups is 1. The second-order valence-electron chi connectivity index (χ2n) is 8.78. The number of dihydropyridines is 1. The van der Waals surface area contributed by atoms with Crippen LogP contribution in [-0.4, -0.2) is 51.6 Å². The van der Waals surface area contributed by atoms with E-state index < -0.39 is 11.4 Å². The summed E-state index contributed by atoms with van der Waals surface area (Å²) in [5.74, 6) is -0.664. The van der Waals surface area contributed by atoms with Crippen molar-refractivity contribution in [2.75, 3.05) is 18.4 Å². The minimum absolute atomic E-state index is 0.0748. The minimum atomic E-state index is -0.568. The number of likely N-dealkylation sites (tertiary alicyclic amines) is 1. The Morgan fingerprint density at radius 2 is 2.03 bits per heavy atom. The summed E-state index contributed by atoms with van der Waals surface area (Å²) in [7, 11) is 0. The number of piperidine rings is 1. The van der Waals surface area contributed by atoms with Crippen molar-refractivity contribution < 1.29 is 14.7 Å². The molecule has 5 rings (SSSR count). The van der Waals surface area contributed by atoms with Crippen LogP contribution in [0.5, 0.6) is 0 Å². The maximum atomic E-state index is 13.3. The highest BCUT2D eigenvalue weighted by atomic mass is 16.3. The predicted octanol–water partition coefficient (Wildman–Crippen LogP) is 4.27. The third-order valence-corrected chi connectivity index (χ3v) is 6.54. The van der Waals surface area contributed by atoms with Crippen LogP contribution in [0.25, 0.3) is 10.9 Å². The van der Waals surface area contributed by atoms with E-state index in [2.05, 4.69) is 15.3 Å². The molecule has 0 saturated carbocycles. The molecule has 3 aliphatic rings. The van der Waals surface area contributed by atoms with E-state index in [1.807, 2.05) is 36.1 Å². The van der Waals surface area contributed by atoms with Gasteiger partial charge in [-0.05, 0) is 50.8 Å². The number of benzene rings is 1. The number of aliphatic hydroxyl groups excluding tert-OH is 1. The summed E-state index contributed by atoms with van der Waals surface area (Å²) in [4.78, 5) is 36.0. The maximum Gasteiger partial charge on any atom is 0.261 e. The molecule has 3 heterocycles.